The molecule has 0 radical (unpaired) electrons. The van der Waals surface area contributed by atoms with E-state index in [-0.39, 0.29) is 18.4 Å². The molecule has 0 bridgehead atoms. The fourth-order valence-corrected chi connectivity index (χ4v) is 1.74. The van der Waals surface area contributed by atoms with Crippen LogP contribution in [0, 0.1) is 0 Å². The number of hydrogen-bond donors (Lipinski definition) is 3. The van der Waals surface area contributed by atoms with E-state index in [1.807, 2.05) is 14.1 Å². The Labute approximate surface area is 130 Å². The van der Waals surface area contributed by atoms with Gasteiger partial charge < -0.3 is 26.0 Å². The van der Waals surface area contributed by atoms with E-state index in [0.29, 0.717) is 23.5 Å². The summed E-state index contributed by atoms with van der Waals surface area (Å²) in [6, 6.07) is 4.75. The molecule has 0 fully saturated rings. The fourth-order valence-electron chi connectivity index (χ4n) is 1.74. The number of nitrogens with one attached hydrogen (secondary N) is 2. The van der Waals surface area contributed by atoms with Crippen molar-refractivity contribution in [1.82, 2.24) is 15.5 Å². The number of nitrogens with two attached hydrogens (primary N) is 1. The number of rotatable bonds is 8. The third-order valence-electron chi connectivity index (χ3n) is 2.98. The van der Waals surface area contributed by atoms with Gasteiger partial charge in [0.05, 0.1) is 5.69 Å². The second kappa shape index (κ2) is 8.89. The third-order valence-corrected chi connectivity index (χ3v) is 2.98. The molecule has 0 aliphatic carbocycles. The van der Waals surface area contributed by atoms with Crippen LogP contribution in [-0.2, 0) is 4.79 Å². The molecule has 0 aliphatic heterocycles. The van der Waals surface area contributed by atoms with E-state index in [1.54, 1.807) is 18.2 Å². The fraction of sp³-hybridized carbons (Fsp3) is 0.467. The van der Waals surface area contributed by atoms with Crippen LogP contribution in [0.25, 0.3) is 0 Å². The van der Waals surface area contributed by atoms with Crippen molar-refractivity contribution in [2.45, 2.75) is 6.42 Å². The Bertz CT molecular complexity index is 518. The molecule has 4 N–H and O–H groups in total. The largest absolute Gasteiger partial charge is 0.482 e. The van der Waals surface area contributed by atoms with Crippen molar-refractivity contribution in [2.75, 3.05) is 46.6 Å². The summed E-state index contributed by atoms with van der Waals surface area (Å²) in [5, 5.41) is 5.28. The number of nitrogen functional groups attached to an aromatic ring is 1. The number of hydrogen-bond acceptors (Lipinski definition) is 5. The summed E-state index contributed by atoms with van der Waals surface area (Å²) in [4.78, 5) is 25.2. The summed E-state index contributed by atoms with van der Waals surface area (Å²) in [5.74, 6) is -0.0434. The molecule has 0 atom stereocenters. The monoisotopic (exact) mass is 308 g/mol. The van der Waals surface area contributed by atoms with Crippen LogP contribution in [0.5, 0.6) is 5.75 Å². The van der Waals surface area contributed by atoms with E-state index < -0.39 is 0 Å². The minimum absolute atomic E-state index is 0.114. The Morgan fingerprint density at radius 3 is 2.64 bits per heavy atom. The molecule has 7 heteroatoms. The van der Waals surface area contributed by atoms with Crippen LogP contribution in [0.2, 0.25) is 0 Å². The van der Waals surface area contributed by atoms with Gasteiger partial charge in [0.15, 0.2) is 6.61 Å². The Morgan fingerprint density at radius 1 is 1.32 bits per heavy atom. The lowest BCUT2D eigenvalue weighted by molar-refractivity contribution is -0.122. The molecule has 2 amide bonds. The van der Waals surface area contributed by atoms with Crippen molar-refractivity contribution < 1.29 is 14.3 Å². The molecule has 0 spiro atoms. The van der Waals surface area contributed by atoms with E-state index in [4.69, 9.17) is 10.5 Å². The van der Waals surface area contributed by atoms with Crippen LogP contribution in [0.4, 0.5) is 5.69 Å². The number of anilines is 1. The van der Waals surface area contributed by atoms with Gasteiger partial charge in [-0.1, -0.05) is 0 Å². The number of ether oxygens (including phenoxy) is 1. The number of amides is 2. The molecule has 0 unspecified atom stereocenters. The lowest BCUT2D eigenvalue weighted by atomic mass is 10.1. The number of carbonyl (C=O) groups is 2. The molecule has 0 heterocycles. The lowest BCUT2D eigenvalue weighted by Crippen LogP contribution is -2.27. The van der Waals surface area contributed by atoms with E-state index in [9.17, 15) is 9.59 Å². The number of likely N-dealkylation sites (N-methyl/N-ethyl adjacent to an activating group) is 1. The highest BCUT2D eigenvalue weighted by molar-refractivity contribution is 5.95. The molecule has 0 saturated heterocycles. The molecule has 1 rings (SSSR count). The van der Waals surface area contributed by atoms with Crippen molar-refractivity contribution >= 4 is 17.5 Å². The molecule has 7 nitrogen and oxygen atoms in total. The molecule has 1 aromatic carbocycles. The number of benzene rings is 1. The Kier molecular flexibility index (Phi) is 7.18. The summed E-state index contributed by atoms with van der Waals surface area (Å²) in [5.41, 5.74) is 6.63. The van der Waals surface area contributed by atoms with Gasteiger partial charge in [-0.25, -0.2) is 0 Å². The van der Waals surface area contributed by atoms with Crippen molar-refractivity contribution in [3.8, 4) is 5.75 Å². The first-order valence-corrected chi connectivity index (χ1v) is 7.10. The maximum Gasteiger partial charge on any atom is 0.257 e. The van der Waals surface area contributed by atoms with Crippen LogP contribution in [0.3, 0.4) is 0 Å². The molecule has 122 valence electrons. The maximum absolute atomic E-state index is 12.0. The van der Waals surface area contributed by atoms with Crippen molar-refractivity contribution in [3.05, 3.63) is 23.8 Å². The van der Waals surface area contributed by atoms with Gasteiger partial charge in [-0.15, -0.1) is 0 Å². The van der Waals surface area contributed by atoms with Crippen molar-refractivity contribution in [2.24, 2.45) is 0 Å². The lowest BCUT2D eigenvalue weighted by Gasteiger charge is -2.11. The molecule has 22 heavy (non-hydrogen) atoms. The minimum atomic E-state index is -0.248. The molecule has 0 aromatic heterocycles. The van der Waals surface area contributed by atoms with Crippen LogP contribution in [0.1, 0.15) is 16.8 Å². The first kappa shape index (κ1) is 17.8. The van der Waals surface area contributed by atoms with Gasteiger partial charge in [-0.05, 0) is 45.3 Å². The van der Waals surface area contributed by atoms with E-state index in [1.165, 1.54) is 7.05 Å². The summed E-state index contributed by atoms with van der Waals surface area (Å²) in [6.45, 7) is 1.40. The number of nitrogens with zero attached hydrogens (tertiary/aromatic N) is 1. The SMILES string of the molecule is CNC(=O)COc1ccc(C(=O)NCCCN(C)C)cc1N. The van der Waals surface area contributed by atoms with Gasteiger partial charge in [0.2, 0.25) is 0 Å². The molecule has 0 aliphatic rings. The summed E-state index contributed by atoms with van der Waals surface area (Å²) in [6.07, 6.45) is 0.877. The minimum Gasteiger partial charge on any atom is -0.482 e. The van der Waals surface area contributed by atoms with Gasteiger partial charge >= 0.3 is 0 Å². The van der Waals surface area contributed by atoms with Gasteiger partial charge in [0.25, 0.3) is 11.8 Å². The molecular weight excluding hydrogens is 284 g/mol. The predicted molar refractivity (Wildman–Crippen MR) is 85.9 cm³/mol. The second-order valence-electron chi connectivity index (χ2n) is 5.13. The summed E-state index contributed by atoms with van der Waals surface area (Å²) >= 11 is 0. The van der Waals surface area contributed by atoms with Gasteiger partial charge in [0.1, 0.15) is 5.75 Å². The number of carbonyl (C=O) groups excluding carboxylic acids is 2. The summed E-state index contributed by atoms with van der Waals surface area (Å²) < 4.78 is 5.27. The standard InChI is InChI=1S/C15H24N4O3/c1-17-14(20)10-22-13-6-5-11(9-12(13)16)15(21)18-7-4-8-19(2)3/h5-6,9H,4,7-8,10,16H2,1-3H3,(H,17,20)(H,18,21). The highest BCUT2D eigenvalue weighted by Crippen LogP contribution is 2.22. The van der Waals surface area contributed by atoms with Gasteiger partial charge in [-0.2, -0.15) is 0 Å². The Hall–Kier alpha value is -2.28. The zero-order chi connectivity index (χ0) is 16.5. The normalized spacial score (nSPS) is 10.4. The first-order chi connectivity index (χ1) is 10.4. The second-order valence-corrected chi connectivity index (χ2v) is 5.13. The summed E-state index contributed by atoms with van der Waals surface area (Å²) in [7, 11) is 5.50. The molecular formula is C15H24N4O3. The van der Waals surface area contributed by atoms with E-state index >= 15 is 0 Å². The van der Waals surface area contributed by atoms with Crippen LogP contribution >= 0.6 is 0 Å². The quantitative estimate of drug-likeness (QED) is 0.467. The highest BCUT2D eigenvalue weighted by atomic mass is 16.5. The van der Waals surface area contributed by atoms with E-state index in [2.05, 4.69) is 15.5 Å². The van der Waals surface area contributed by atoms with Crippen LogP contribution in [-0.4, -0.2) is 57.6 Å². The van der Waals surface area contributed by atoms with Crippen LogP contribution < -0.4 is 21.1 Å². The smallest absolute Gasteiger partial charge is 0.257 e. The van der Waals surface area contributed by atoms with Gasteiger partial charge in [-0.3, -0.25) is 9.59 Å². The zero-order valence-corrected chi connectivity index (χ0v) is 13.3. The van der Waals surface area contributed by atoms with Crippen molar-refractivity contribution in [3.63, 3.8) is 0 Å². The average molecular weight is 308 g/mol. The molecule has 0 saturated carbocycles. The maximum atomic E-state index is 12.0. The topological polar surface area (TPSA) is 96.7 Å². The Balaban J connectivity index is 2.53. The zero-order valence-electron chi connectivity index (χ0n) is 13.3. The van der Waals surface area contributed by atoms with Crippen molar-refractivity contribution in [1.29, 1.82) is 0 Å². The average Bonchev–Trinajstić information content (AvgIpc) is 2.49. The first-order valence-electron chi connectivity index (χ1n) is 7.10. The molecule has 1 aromatic rings. The Morgan fingerprint density at radius 2 is 2.05 bits per heavy atom. The van der Waals surface area contributed by atoms with Crippen LogP contribution in [0.15, 0.2) is 18.2 Å². The van der Waals surface area contributed by atoms with Gasteiger partial charge in [0, 0.05) is 19.2 Å². The third kappa shape index (κ3) is 6.01. The van der Waals surface area contributed by atoms with E-state index in [0.717, 1.165) is 13.0 Å². The predicted octanol–water partition coefficient (Wildman–Crippen LogP) is 0.0751. The highest BCUT2D eigenvalue weighted by Gasteiger charge is 2.09.